The van der Waals surface area contributed by atoms with Crippen LogP contribution >= 0.6 is 0 Å². The molecule has 9 nitrogen and oxygen atoms in total. The maximum absolute atomic E-state index is 13.7. The highest BCUT2D eigenvalue weighted by Crippen LogP contribution is 2.28. The number of carboxylic acids is 1. The Hall–Kier alpha value is -4.09. The van der Waals surface area contributed by atoms with Crippen LogP contribution in [0.15, 0.2) is 40.8 Å². The molecule has 1 heterocycles. The molecule has 1 saturated carbocycles. The number of aromatic nitrogens is 2. The van der Waals surface area contributed by atoms with Crippen LogP contribution in [0.25, 0.3) is 0 Å². The average molecular weight is 504 g/mol. The van der Waals surface area contributed by atoms with Gasteiger partial charge >= 0.3 is 23.8 Å². The number of hydrogen-bond donors (Lipinski definition) is 3. The molecule has 4 rings (SSSR count). The van der Waals surface area contributed by atoms with Crippen LogP contribution in [-0.2, 0) is 11.2 Å². The molecule has 1 aromatic heterocycles. The van der Waals surface area contributed by atoms with E-state index in [0.717, 1.165) is 0 Å². The fourth-order valence-electron chi connectivity index (χ4n) is 3.91. The fraction of sp³-hybridized carbons (Fsp3) is 0.333. The van der Waals surface area contributed by atoms with Crippen molar-refractivity contribution >= 4 is 23.6 Å². The van der Waals surface area contributed by atoms with Gasteiger partial charge in [0, 0.05) is 29.9 Å². The second kappa shape index (κ2) is 11.1. The van der Waals surface area contributed by atoms with Crippen LogP contribution in [-0.4, -0.2) is 39.8 Å². The fourth-order valence-corrected chi connectivity index (χ4v) is 3.91. The van der Waals surface area contributed by atoms with E-state index in [1.807, 2.05) is 0 Å². The largest absolute Gasteiger partial charge is 0.490 e. The lowest BCUT2D eigenvalue weighted by molar-refractivity contribution is -0.143. The van der Waals surface area contributed by atoms with Gasteiger partial charge in [0.05, 0.1) is 12.0 Å². The van der Waals surface area contributed by atoms with Crippen LogP contribution in [0, 0.1) is 23.4 Å². The van der Waals surface area contributed by atoms with E-state index in [0.29, 0.717) is 49.3 Å². The third-order valence-electron chi connectivity index (χ3n) is 5.81. The van der Waals surface area contributed by atoms with Gasteiger partial charge in [0.1, 0.15) is 23.2 Å². The van der Waals surface area contributed by atoms with Gasteiger partial charge in [0.15, 0.2) is 0 Å². The summed E-state index contributed by atoms with van der Waals surface area (Å²) in [5, 5.41) is 21.7. The van der Waals surface area contributed by atoms with Gasteiger partial charge in [-0.05, 0) is 56.4 Å². The van der Waals surface area contributed by atoms with Crippen molar-refractivity contribution in [2.45, 2.75) is 38.2 Å². The van der Waals surface area contributed by atoms with E-state index in [1.165, 1.54) is 0 Å². The van der Waals surface area contributed by atoms with E-state index in [9.17, 15) is 22.8 Å². The van der Waals surface area contributed by atoms with E-state index in [-0.39, 0.29) is 42.5 Å². The first-order chi connectivity index (χ1) is 17.3. The number of carbonyl (C=O) groups is 2. The summed E-state index contributed by atoms with van der Waals surface area (Å²) >= 11 is 0. The van der Waals surface area contributed by atoms with Crippen molar-refractivity contribution in [2.75, 3.05) is 17.2 Å². The van der Waals surface area contributed by atoms with Crippen molar-refractivity contribution in [3.63, 3.8) is 0 Å². The number of halogens is 3. The quantitative estimate of drug-likeness (QED) is 0.391. The zero-order chi connectivity index (χ0) is 25.7. The monoisotopic (exact) mass is 504 g/mol. The molecule has 1 fully saturated rings. The third-order valence-corrected chi connectivity index (χ3v) is 5.81. The number of benzene rings is 2. The maximum Gasteiger partial charge on any atom is 0.315 e. The minimum atomic E-state index is -1.00. The molecule has 0 saturated heterocycles. The van der Waals surface area contributed by atoms with Crippen molar-refractivity contribution in [1.82, 2.24) is 10.2 Å². The van der Waals surface area contributed by atoms with Crippen molar-refractivity contribution in [3.05, 3.63) is 65.3 Å². The van der Waals surface area contributed by atoms with Crippen LogP contribution in [0.4, 0.5) is 24.9 Å². The zero-order valence-corrected chi connectivity index (χ0v) is 19.0. The molecule has 36 heavy (non-hydrogen) atoms. The van der Waals surface area contributed by atoms with Crippen molar-refractivity contribution < 1.29 is 37.0 Å². The summed E-state index contributed by atoms with van der Waals surface area (Å²) < 4.78 is 51.5. The molecule has 3 aromatic rings. The summed E-state index contributed by atoms with van der Waals surface area (Å²) in [6.45, 7) is 0.00213. The molecule has 3 N–H and O–H groups in total. The predicted molar refractivity (Wildman–Crippen MR) is 121 cm³/mol. The molecule has 1 amide bonds. The second-order valence-corrected chi connectivity index (χ2v) is 8.35. The van der Waals surface area contributed by atoms with Crippen molar-refractivity contribution in [3.8, 4) is 5.75 Å². The number of aliphatic carboxylic acids is 1. The molecule has 12 heteroatoms. The molecule has 0 unspecified atom stereocenters. The Labute approximate surface area is 203 Å². The Morgan fingerprint density at radius 2 is 1.69 bits per heavy atom. The number of amides is 1. The van der Waals surface area contributed by atoms with Gasteiger partial charge in [-0.2, -0.15) is 0 Å². The Bertz CT molecular complexity index is 1200. The van der Waals surface area contributed by atoms with Crippen LogP contribution in [0.3, 0.4) is 0 Å². The SMILES string of the molecule is O=C(Nc1ccc(OC2CCC(C(=O)O)CC2)cc1)c1nnc(NCCc2c(F)cc(F)cc2F)o1. The topological polar surface area (TPSA) is 127 Å². The Kier molecular flexibility index (Phi) is 7.71. The van der Waals surface area contributed by atoms with Crippen LogP contribution in [0.5, 0.6) is 5.75 Å². The summed E-state index contributed by atoms with van der Waals surface area (Å²) in [6.07, 6.45) is 2.32. The lowest BCUT2D eigenvalue weighted by Gasteiger charge is -2.26. The number of hydrogen-bond acceptors (Lipinski definition) is 7. The van der Waals surface area contributed by atoms with Crippen molar-refractivity contribution in [1.29, 1.82) is 0 Å². The Morgan fingerprint density at radius 3 is 2.33 bits per heavy atom. The first-order valence-corrected chi connectivity index (χ1v) is 11.3. The zero-order valence-electron chi connectivity index (χ0n) is 19.0. The molecule has 1 aliphatic carbocycles. The molecule has 1 aliphatic rings. The highest BCUT2D eigenvalue weighted by molar-refractivity contribution is 6.00. The number of nitrogens with one attached hydrogen (secondary N) is 2. The first kappa shape index (κ1) is 25.0. The second-order valence-electron chi connectivity index (χ2n) is 8.35. The van der Waals surface area contributed by atoms with Gasteiger partial charge in [0.2, 0.25) is 0 Å². The normalized spacial score (nSPS) is 17.4. The van der Waals surface area contributed by atoms with Gasteiger partial charge in [-0.3, -0.25) is 9.59 Å². The van der Waals surface area contributed by atoms with Gasteiger partial charge < -0.3 is 24.9 Å². The number of ether oxygens (including phenoxy) is 1. The van der Waals surface area contributed by atoms with Crippen LogP contribution in [0.1, 0.15) is 41.9 Å². The molecular formula is C24H23F3N4O5. The third kappa shape index (κ3) is 6.32. The van der Waals surface area contributed by atoms with Gasteiger partial charge in [-0.15, -0.1) is 5.10 Å². The minimum absolute atomic E-state index is 0.00213. The molecule has 190 valence electrons. The molecule has 2 aromatic carbocycles. The summed E-state index contributed by atoms with van der Waals surface area (Å²) in [4.78, 5) is 23.4. The van der Waals surface area contributed by atoms with Crippen LogP contribution in [0.2, 0.25) is 0 Å². The lowest BCUT2D eigenvalue weighted by atomic mass is 9.87. The summed E-state index contributed by atoms with van der Waals surface area (Å²) in [5.41, 5.74) is 0.165. The highest BCUT2D eigenvalue weighted by atomic mass is 19.1. The minimum Gasteiger partial charge on any atom is -0.490 e. The number of anilines is 2. The molecular weight excluding hydrogens is 481 g/mol. The molecule has 0 bridgehead atoms. The van der Waals surface area contributed by atoms with E-state index >= 15 is 0 Å². The molecule has 0 atom stereocenters. The van der Waals surface area contributed by atoms with E-state index in [1.54, 1.807) is 24.3 Å². The number of carboxylic acid groups (broad SMARTS) is 1. The highest BCUT2D eigenvalue weighted by Gasteiger charge is 2.27. The number of nitrogens with zero attached hydrogens (tertiary/aromatic N) is 2. The van der Waals surface area contributed by atoms with Crippen molar-refractivity contribution in [2.24, 2.45) is 5.92 Å². The summed E-state index contributed by atoms with van der Waals surface area (Å²) in [6, 6.07) is 7.72. The summed E-state index contributed by atoms with van der Waals surface area (Å²) in [7, 11) is 0. The van der Waals surface area contributed by atoms with Gasteiger partial charge in [-0.1, -0.05) is 5.10 Å². The number of rotatable bonds is 9. The Balaban J connectivity index is 1.24. The standard InChI is InChI=1S/C24H23F3N4O5/c25-14-11-19(26)18(20(27)12-14)9-10-28-24-31-30-22(36-24)21(32)29-15-3-7-17(8-4-15)35-16-5-1-13(2-6-16)23(33)34/h3-4,7-8,11-13,16H,1-2,5-6,9-10H2,(H,28,31)(H,29,32)(H,33,34). The summed E-state index contributed by atoms with van der Waals surface area (Å²) in [5.74, 6) is -4.47. The van der Waals surface area contributed by atoms with Crippen LogP contribution < -0.4 is 15.4 Å². The molecule has 0 aliphatic heterocycles. The molecule has 0 radical (unpaired) electrons. The van der Waals surface area contributed by atoms with E-state index < -0.39 is 29.3 Å². The van der Waals surface area contributed by atoms with Gasteiger partial charge in [-0.25, -0.2) is 13.2 Å². The smallest absolute Gasteiger partial charge is 0.315 e. The molecule has 0 spiro atoms. The first-order valence-electron chi connectivity index (χ1n) is 11.3. The van der Waals surface area contributed by atoms with E-state index in [4.69, 9.17) is 14.3 Å². The predicted octanol–water partition coefficient (Wildman–Crippen LogP) is 4.42. The van der Waals surface area contributed by atoms with Gasteiger partial charge in [0.25, 0.3) is 0 Å². The lowest BCUT2D eigenvalue weighted by Crippen LogP contribution is -2.27. The number of carbonyl (C=O) groups excluding carboxylic acids is 1. The maximum atomic E-state index is 13.7. The average Bonchev–Trinajstić information content (AvgIpc) is 3.31. The Morgan fingerprint density at radius 1 is 1.03 bits per heavy atom. The van der Waals surface area contributed by atoms with E-state index in [2.05, 4.69) is 20.8 Å².